The number of aromatic amines is 1. The summed E-state index contributed by atoms with van der Waals surface area (Å²) in [6.07, 6.45) is -3.41. The summed E-state index contributed by atoms with van der Waals surface area (Å²) in [5.41, 5.74) is 2.02. The number of carbonyl (C=O) groups is 2. The smallest absolute Gasteiger partial charge is 0.416 e. The molecular weight excluding hydrogens is 673 g/mol. The lowest BCUT2D eigenvalue weighted by Crippen LogP contribution is -2.47. The van der Waals surface area contributed by atoms with Crippen molar-refractivity contribution in [3.63, 3.8) is 0 Å². The first-order chi connectivity index (χ1) is 24.3. The lowest BCUT2D eigenvalue weighted by Gasteiger charge is -2.35. The summed E-state index contributed by atoms with van der Waals surface area (Å²) in [6.45, 7) is 3.78. The molecule has 4 aromatic rings. The lowest BCUT2D eigenvalue weighted by atomic mass is 9.92. The molecule has 0 saturated carbocycles. The van der Waals surface area contributed by atoms with Crippen molar-refractivity contribution in [2.75, 3.05) is 53.4 Å². The first-order valence-corrected chi connectivity index (χ1v) is 16.8. The molecule has 0 radical (unpaired) electrons. The molecule has 10 nitrogen and oxygen atoms in total. The third kappa shape index (κ3) is 8.30. The number of fused-ring (bicyclic) bond motifs is 2. The fourth-order valence-corrected chi connectivity index (χ4v) is 6.75. The zero-order valence-corrected chi connectivity index (χ0v) is 28.6. The number of piperazine rings is 1. The van der Waals surface area contributed by atoms with E-state index in [-0.39, 0.29) is 54.9 Å². The van der Waals surface area contributed by atoms with Crippen LogP contribution in [0.2, 0.25) is 0 Å². The molecule has 5 heterocycles. The van der Waals surface area contributed by atoms with Crippen molar-refractivity contribution < 1.29 is 36.3 Å². The number of alkyl halides is 5. The van der Waals surface area contributed by atoms with Crippen LogP contribution < -0.4 is 4.74 Å². The van der Waals surface area contributed by atoms with Gasteiger partial charge in [-0.1, -0.05) is 19.1 Å². The Balaban J connectivity index is 1.16. The first-order valence-electron chi connectivity index (χ1n) is 16.8. The van der Waals surface area contributed by atoms with E-state index < -0.39 is 18.2 Å². The van der Waals surface area contributed by atoms with Crippen molar-refractivity contribution in [2.24, 2.45) is 0 Å². The molecule has 272 valence electrons. The van der Waals surface area contributed by atoms with Gasteiger partial charge in [-0.15, -0.1) is 0 Å². The van der Waals surface area contributed by atoms with Crippen LogP contribution in [0.4, 0.5) is 22.0 Å². The second kappa shape index (κ2) is 14.9. The molecule has 51 heavy (non-hydrogen) atoms. The van der Waals surface area contributed by atoms with Gasteiger partial charge in [0.05, 0.1) is 35.8 Å². The normalized spacial score (nSPS) is 17.2. The number of amides is 2. The van der Waals surface area contributed by atoms with Crippen LogP contribution in [0, 0.1) is 0 Å². The largest absolute Gasteiger partial charge is 0.455 e. The number of halogens is 5. The van der Waals surface area contributed by atoms with Crippen LogP contribution in [0.5, 0.6) is 11.5 Å². The number of aromatic nitrogens is 3. The van der Waals surface area contributed by atoms with Crippen molar-refractivity contribution in [3.8, 4) is 11.5 Å². The first kappa shape index (κ1) is 36.2. The van der Waals surface area contributed by atoms with Crippen LogP contribution in [0.3, 0.4) is 0 Å². The Morgan fingerprint density at radius 3 is 2.47 bits per heavy atom. The number of ether oxygens (including phenoxy) is 1. The molecule has 0 bridgehead atoms. The van der Waals surface area contributed by atoms with Gasteiger partial charge < -0.3 is 19.5 Å². The Labute approximate surface area is 292 Å². The summed E-state index contributed by atoms with van der Waals surface area (Å²) >= 11 is 0. The molecule has 0 aliphatic carbocycles. The Morgan fingerprint density at radius 1 is 1.04 bits per heavy atom. The predicted molar refractivity (Wildman–Crippen MR) is 180 cm³/mol. The lowest BCUT2D eigenvalue weighted by molar-refractivity contribution is -0.139. The molecule has 1 saturated heterocycles. The van der Waals surface area contributed by atoms with E-state index in [9.17, 15) is 31.5 Å². The van der Waals surface area contributed by atoms with Gasteiger partial charge in [0.15, 0.2) is 0 Å². The Bertz CT molecular complexity index is 1890. The van der Waals surface area contributed by atoms with Crippen LogP contribution in [-0.2, 0) is 30.5 Å². The van der Waals surface area contributed by atoms with Crippen molar-refractivity contribution in [3.05, 3.63) is 82.4 Å². The van der Waals surface area contributed by atoms with Gasteiger partial charge in [0.25, 0.3) is 12.3 Å². The molecule has 6 rings (SSSR count). The quantitative estimate of drug-likeness (QED) is 0.204. The molecule has 1 atom stereocenters. The fourth-order valence-electron chi connectivity index (χ4n) is 6.75. The number of benzene rings is 1. The van der Waals surface area contributed by atoms with Gasteiger partial charge >= 0.3 is 6.18 Å². The van der Waals surface area contributed by atoms with E-state index in [2.05, 4.69) is 15.0 Å². The zero-order valence-electron chi connectivity index (χ0n) is 28.6. The SMILES string of the molecule is CC[C@H]1CN(C(=O)Cc2ccc(CN3CCN(CC(F)F)CC3)c(C(F)(F)F)c2)Cc2cc(Oc3ccnc4[nH]c(C(=O)N(C)C)cc34)cnc21. The second-order valence-electron chi connectivity index (χ2n) is 13.3. The minimum absolute atomic E-state index is 0.0363. The molecule has 3 aromatic heterocycles. The zero-order chi connectivity index (χ0) is 36.4. The van der Waals surface area contributed by atoms with Crippen molar-refractivity contribution >= 4 is 22.8 Å². The molecule has 0 spiro atoms. The Morgan fingerprint density at radius 2 is 1.78 bits per heavy atom. The van der Waals surface area contributed by atoms with Crippen LogP contribution in [0.1, 0.15) is 57.7 Å². The number of hydrogen-bond acceptors (Lipinski definition) is 7. The molecule has 0 unspecified atom stereocenters. The predicted octanol–water partition coefficient (Wildman–Crippen LogP) is 5.93. The third-order valence-electron chi connectivity index (χ3n) is 9.46. The number of hydrogen-bond donors (Lipinski definition) is 1. The maximum Gasteiger partial charge on any atom is 0.416 e. The highest BCUT2D eigenvalue weighted by molar-refractivity contribution is 5.98. The van der Waals surface area contributed by atoms with Gasteiger partial charge in [-0.25, -0.2) is 13.8 Å². The van der Waals surface area contributed by atoms with Gasteiger partial charge in [-0.2, -0.15) is 13.2 Å². The van der Waals surface area contributed by atoms with E-state index in [1.807, 2.05) is 17.9 Å². The molecular formula is C36H40F5N7O3. The third-order valence-corrected chi connectivity index (χ3v) is 9.46. The second-order valence-corrected chi connectivity index (χ2v) is 13.3. The fraction of sp³-hybridized carbons (Fsp3) is 0.444. The highest BCUT2D eigenvalue weighted by Gasteiger charge is 2.35. The molecule has 1 aromatic carbocycles. The summed E-state index contributed by atoms with van der Waals surface area (Å²) in [5, 5.41) is 0.611. The molecule has 2 aliphatic heterocycles. The Kier molecular flexibility index (Phi) is 10.6. The van der Waals surface area contributed by atoms with Gasteiger partial charge in [0, 0.05) is 72.0 Å². The van der Waals surface area contributed by atoms with E-state index in [4.69, 9.17) is 4.74 Å². The maximum absolute atomic E-state index is 14.2. The molecule has 1 fully saturated rings. The molecule has 2 aliphatic rings. The van der Waals surface area contributed by atoms with Crippen LogP contribution >= 0.6 is 0 Å². The minimum atomic E-state index is -4.63. The average molecular weight is 714 g/mol. The summed E-state index contributed by atoms with van der Waals surface area (Å²) in [4.78, 5) is 44.7. The molecule has 2 amide bonds. The van der Waals surface area contributed by atoms with Crippen LogP contribution in [-0.4, -0.2) is 106 Å². The van der Waals surface area contributed by atoms with E-state index in [0.29, 0.717) is 67.4 Å². The monoisotopic (exact) mass is 713 g/mol. The summed E-state index contributed by atoms with van der Waals surface area (Å²) in [5.74, 6) is 0.300. The van der Waals surface area contributed by atoms with Gasteiger partial charge in [-0.3, -0.25) is 24.4 Å². The summed E-state index contributed by atoms with van der Waals surface area (Å²) in [6, 6.07) is 9.21. The average Bonchev–Trinajstić information content (AvgIpc) is 3.53. The minimum Gasteiger partial charge on any atom is -0.455 e. The summed E-state index contributed by atoms with van der Waals surface area (Å²) in [7, 11) is 3.31. The topological polar surface area (TPSA) is 97.9 Å². The number of nitrogens with zero attached hydrogens (tertiary/aromatic N) is 6. The van der Waals surface area contributed by atoms with Crippen LogP contribution in [0.25, 0.3) is 11.0 Å². The number of H-pyrrole nitrogens is 1. The summed E-state index contributed by atoms with van der Waals surface area (Å²) < 4.78 is 74.4. The molecule has 15 heteroatoms. The number of pyridine rings is 2. The van der Waals surface area contributed by atoms with Gasteiger partial charge in [0.2, 0.25) is 5.91 Å². The van der Waals surface area contributed by atoms with Crippen molar-refractivity contribution in [1.82, 2.24) is 34.6 Å². The highest BCUT2D eigenvalue weighted by atomic mass is 19.4. The van der Waals surface area contributed by atoms with E-state index in [0.717, 1.165) is 17.3 Å². The Hall–Kier alpha value is -4.63. The van der Waals surface area contributed by atoms with Gasteiger partial charge in [0.1, 0.15) is 22.8 Å². The van der Waals surface area contributed by atoms with E-state index in [1.54, 1.807) is 54.5 Å². The molecule has 1 N–H and O–H groups in total. The number of rotatable bonds is 10. The maximum atomic E-state index is 14.2. The van der Waals surface area contributed by atoms with E-state index in [1.165, 1.54) is 11.0 Å². The number of carbonyl (C=O) groups excluding carboxylic acids is 2. The highest BCUT2D eigenvalue weighted by Crippen LogP contribution is 2.36. The van der Waals surface area contributed by atoms with Gasteiger partial charge in [-0.05, 0) is 47.4 Å². The van der Waals surface area contributed by atoms with E-state index >= 15 is 0 Å². The van der Waals surface area contributed by atoms with Crippen molar-refractivity contribution in [1.29, 1.82) is 0 Å². The standard InChI is InChI=1S/C36H40F5N7O3/c1-4-23-19-48(20-25-15-26(17-43-33(23)25)51-30-7-8-42-34-27(30)16-29(44-34)35(50)45(2)3)32(49)14-22-5-6-24(28(13-22)36(39,40)41)18-46-9-11-47(12-10-46)21-31(37)38/h5-8,13,15-17,23,31H,4,9-12,14,18-21H2,1-3H3,(H,42,44)/t23-/m0/s1. The van der Waals surface area contributed by atoms with Crippen molar-refractivity contribution in [2.45, 2.75) is 51.4 Å². The number of nitrogens with one attached hydrogen (secondary N) is 1. The van der Waals surface area contributed by atoms with Crippen LogP contribution in [0.15, 0.2) is 48.8 Å².